The number of rotatable bonds is 6. The lowest BCUT2D eigenvalue weighted by Gasteiger charge is -2.21. The summed E-state index contributed by atoms with van der Waals surface area (Å²) in [7, 11) is -2.98. The van der Waals surface area contributed by atoms with Crippen LogP contribution >= 0.6 is 0 Å². The van der Waals surface area contributed by atoms with E-state index in [2.05, 4.69) is 5.32 Å². The van der Waals surface area contributed by atoms with Crippen LogP contribution in [-0.2, 0) is 21.2 Å². The Balaban J connectivity index is 1.53. The topological polar surface area (TPSA) is 84.9 Å². The van der Waals surface area contributed by atoms with Gasteiger partial charge in [0.05, 0.1) is 18.1 Å². The van der Waals surface area contributed by atoms with Crippen LogP contribution in [0.3, 0.4) is 0 Å². The van der Waals surface area contributed by atoms with Gasteiger partial charge >= 0.3 is 0 Å². The number of fused-ring (bicyclic) bond motifs is 1. The fourth-order valence-electron chi connectivity index (χ4n) is 2.96. The molecule has 0 saturated carbocycles. The Kier molecular flexibility index (Phi) is 4.96. The van der Waals surface area contributed by atoms with Crippen molar-refractivity contribution in [2.75, 3.05) is 31.4 Å². The van der Waals surface area contributed by atoms with Crippen molar-refractivity contribution in [1.29, 1.82) is 0 Å². The van der Waals surface area contributed by atoms with Gasteiger partial charge in [-0.3, -0.25) is 9.69 Å². The summed E-state index contributed by atoms with van der Waals surface area (Å²) in [5.41, 5.74) is 1.04. The zero-order chi connectivity index (χ0) is 17.2. The van der Waals surface area contributed by atoms with Crippen molar-refractivity contribution in [2.24, 2.45) is 0 Å². The lowest BCUT2D eigenvalue weighted by molar-refractivity contribution is -0.122. The predicted molar refractivity (Wildman–Crippen MR) is 88.7 cm³/mol. The molecule has 132 valence electrons. The minimum atomic E-state index is -2.98. The molecule has 0 aromatic heterocycles. The van der Waals surface area contributed by atoms with Crippen LogP contribution in [0.25, 0.3) is 0 Å². The highest BCUT2D eigenvalue weighted by atomic mass is 32.2. The Morgan fingerprint density at radius 3 is 2.83 bits per heavy atom. The van der Waals surface area contributed by atoms with Gasteiger partial charge in [0, 0.05) is 12.6 Å². The maximum atomic E-state index is 12.2. The largest absolute Gasteiger partial charge is 0.454 e. The number of likely N-dealkylation sites (N-methyl/N-ethyl adjacent to an activating group) is 1. The van der Waals surface area contributed by atoms with Gasteiger partial charge in [-0.25, -0.2) is 8.42 Å². The summed E-state index contributed by atoms with van der Waals surface area (Å²) in [4.78, 5) is 14.2. The zero-order valence-electron chi connectivity index (χ0n) is 13.7. The van der Waals surface area contributed by atoms with E-state index in [-0.39, 0.29) is 36.8 Å². The fraction of sp³-hybridized carbons (Fsp3) is 0.562. The first-order chi connectivity index (χ1) is 11.4. The molecule has 2 heterocycles. The van der Waals surface area contributed by atoms with E-state index >= 15 is 0 Å². The summed E-state index contributed by atoms with van der Waals surface area (Å²) in [5.74, 6) is 1.53. The average Bonchev–Trinajstić information content (AvgIpc) is 3.12. The standard InChI is InChI=1S/C16H22N2O5S/c1-2-18(8-12-3-4-14-15(7-12)23-11-22-14)9-16(19)17-13-5-6-24(20,21)10-13/h3-4,7,13H,2,5-6,8-11H2,1H3,(H,17,19)/t13-/m0/s1. The predicted octanol–water partition coefficient (Wildman–Crippen LogP) is 0.540. The summed E-state index contributed by atoms with van der Waals surface area (Å²) < 4.78 is 33.6. The van der Waals surface area contributed by atoms with Gasteiger partial charge in [0.25, 0.3) is 0 Å². The van der Waals surface area contributed by atoms with Gasteiger partial charge in [-0.15, -0.1) is 0 Å². The second kappa shape index (κ2) is 6.98. The third kappa shape index (κ3) is 4.18. The smallest absolute Gasteiger partial charge is 0.234 e. The third-order valence-corrected chi connectivity index (χ3v) is 6.02. The first kappa shape index (κ1) is 17.0. The SMILES string of the molecule is CCN(CC(=O)N[C@H]1CCS(=O)(=O)C1)Cc1ccc2c(c1)OCO2. The van der Waals surface area contributed by atoms with Crippen molar-refractivity contribution in [2.45, 2.75) is 25.9 Å². The first-order valence-corrected chi connectivity index (χ1v) is 9.88. The maximum absolute atomic E-state index is 12.2. The van der Waals surface area contributed by atoms with Crippen LogP contribution in [0.5, 0.6) is 11.5 Å². The molecule has 1 aromatic rings. The molecular formula is C16H22N2O5S. The number of nitrogens with one attached hydrogen (secondary N) is 1. The lowest BCUT2D eigenvalue weighted by Crippen LogP contribution is -2.42. The number of hydrogen-bond acceptors (Lipinski definition) is 6. The Hall–Kier alpha value is -1.80. The number of ether oxygens (including phenoxy) is 2. The summed E-state index contributed by atoms with van der Waals surface area (Å²) in [6.45, 7) is 3.79. The van der Waals surface area contributed by atoms with E-state index in [0.717, 1.165) is 17.1 Å². The summed E-state index contributed by atoms with van der Waals surface area (Å²) in [5, 5.41) is 2.82. The Morgan fingerprint density at radius 2 is 2.12 bits per heavy atom. The molecule has 0 radical (unpaired) electrons. The van der Waals surface area contributed by atoms with Gasteiger partial charge < -0.3 is 14.8 Å². The van der Waals surface area contributed by atoms with Gasteiger partial charge in [0.2, 0.25) is 12.7 Å². The van der Waals surface area contributed by atoms with Crippen LogP contribution < -0.4 is 14.8 Å². The number of nitrogens with zero attached hydrogens (tertiary/aromatic N) is 1. The van der Waals surface area contributed by atoms with Crippen LogP contribution in [-0.4, -0.2) is 56.7 Å². The highest BCUT2D eigenvalue weighted by Crippen LogP contribution is 2.32. The van der Waals surface area contributed by atoms with Crippen molar-refractivity contribution in [3.8, 4) is 11.5 Å². The quantitative estimate of drug-likeness (QED) is 0.803. The molecule has 2 aliphatic heterocycles. The van der Waals surface area contributed by atoms with Crippen LogP contribution in [0.2, 0.25) is 0 Å². The van der Waals surface area contributed by atoms with E-state index in [1.807, 2.05) is 30.0 Å². The Morgan fingerprint density at radius 1 is 1.33 bits per heavy atom. The first-order valence-electron chi connectivity index (χ1n) is 8.06. The molecule has 0 aliphatic carbocycles. The molecular weight excluding hydrogens is 332 g/mol. The molecule has 1 amide bonds. The lowest BCUT2D eigenvalue weighted by atomic mass is 10.2. The van der Waals surface area contributed by atoms with Crippen LogP contribution in [0, 0.1) is 0 Å². The van der Waals surface area contributed by atoms with Crippen molar-refractivity contribution < 1.29 is 22.7 Å². The number of benzene rings is 1. The molecule has 0 unspecified atom stereocenters. The number of carbonyl (C=O) groups is 1. The van der Waals surface area contributed by atoms with Crippen molar-refractivity contribution in [3.63, 3.8) is 0 Å². The normalized spacial score (nSPS) is 21.2. The van der Waals surface area contributed by atoms with E-state index in [0.29, 0.717) is 19.5 Å². The molecule has 7 nitrogen and oxygen atoms in total. The van der Waals surface area contributed by atoms with E-state index in [4.69, 9.17) is 9.47 Å². The monoisotopic (exact) mass is 354 g/mol. The second-order valence-electron chi connectivity index (χ2n) is 6.16. The minimum Gasteiger partial charge on any atom is -0.454 e. The molecule has 0 spiro atoms. The second-order valence-corrected chi connectivity index (χ2v) is 8.39. The van der Waals surface area contributed by atoms with Crippen molar-refractivity contribution >= 4 is 15.7 Å². The average molecular weight is 354 g/mol. The molecule has 1 N–H and O–H groups in total. The highest BCUT2D eigenvalue weighted by Gasteiger charge is 2.29. The van der Waals surface area contributed by atoms with Gasteiger partial charge in [-0.2, -0.15) is 0 Å². The van der Waals surface area contributed by atoms with E-state index in [9.17, 15) is 13.2 Å². The molecule has 1 aromatic carbocycles. The Labute approximate surface area is 141 Å². The van der Waals surface area contributed by atoms with Crippen LogP contribution in [0.15, 0.2) is 18.2 Å². The molecule has 3 rings (SSSR count). The van der Waals surface area contributed by atoms with Crippen molar-refractivity contribution in [3.05, 3.63) is 23.8 Å². The van der Waals surface area contributed by atoms with Gasteiger partial charge in [0.1, 0.15) is 0 Å². The summed E-state index contributed by atoms with van der Waals surface area (Å²) in [6.07, 6.45) is 0.502. The number of amides is 1. The maximum Gasteiger partial charge on any atom is 0.234 e. The minimum absolute atomic E-state index is 0.0486. The van der Waals surface area contributed by atoms with E-state index < -0.39 is 9.84 Å². The zero-order valence-corrected chi connectivity index (χ0v) is 14.5. The van der Waals surface area contributed by atoms with E-state index in [1.54, 1.807) is 0 Å². The third-order valence-electron chi connectivity index (χ3n) is 4.26. The molecule has 1 saturated heterocycles. The Bertz CT molecular complexity index is 719. The molecule has 24 heavy (non-hydrogen) atoms. The van der Waals surface area contributed by atoms with Crippen LogP contribution in [0.1, 0.15) is 18.9 Å². The highest BCUT2D eigenvalue weighted by molar-refractivity contribution is 7.91. The van der Waals surface area contributed by atoms with Crippen molar-refractivity contribution in [1.82, 2.24) is 10.2 Å². The molecule has 8 heteroatoms. The van der Waals surface area contributed by atoms with Gasteiger partial charge in [-0.05, 0) is 30.7 Å². The number of carbonyl (C=O) groups excluding carboxylic acids is 1. The fourth-order valence-corrected chi connectivity index (χ4v) is 4.64. The molecule has 1 atom stereocenters. The summed E-state index contributed by atoms with van der Waals surface area (Å²) in [6, 6.07) is 5.49. The number of hydrogen-bond donors (Lipinski definition) is 1. The van der Waals surface area contributed by atoms with Gasteiger partial charge in [-0.1, -0.05) is 13.0 Å². The molecule has 2 aliphatic rings. The van der Waals surface area contributed by atoms with Gasteiger partial charge in [0.15, 0.2) is 21.3 Å². The van der Waals surface area contributed by atoms with Crippen LogP contribution in [0.4, 0.5) is 0 Å². The molecule has 0 bridgehead atoms. The van der Waals surface area contributed by atoms with E-state index in [1.165, 1.54) is 0 Å². The number of sulfone groups is 1. The summed E-state index contributed by atoms with van der Waals surface area (Å²) >= 11 is 0. The molecule has 1 fully saturated rings.